The molecule has 23 heavy (non-hydrogen) atoms. The maximum Gasteiger partial charge on any atom is 0.277 e. The number of carbonyl (C=O) groups excluding carboxylic acids is 2. The molecule has 2 N–H and O–H groups in total. The molecule has 8 nitrogen and oxygen atoms in total. The number of imide groups is 1. The lowest BCUT2D eigenvalue weighted by atomic mass is 10.2. The van der Waals surface area contributed by atoms with Crippen LogP contribution in [0.1, 0.15) is 0 Å². The van der Waals surface area contributed by atoms with Crippen molar-refractivity contribution in [2.75, 3.05) is 39.8 Å². The van der Waals surface area contributed by atoms with Crippen molar-refractivity contribution in [3.05, 3.63) is 23.9 Å². The number of aliphatic hydroxyl groups is 1. The van der Waals surface area contributed by atoms with E-state index in [0.717, 1.165) is 4.90 Å². The summed E-state index contributed by atoms with van der Waals surface area (Å²) in [5.74, 6) is 0.344. The minimum absolute atomic E-state index is 0.0532. The van der Waals surface area contributed by atoms with Gasteiger partial charge in [0.25, 0.3) is 11.8 Å². The molecule has 0 fully saturated rings. The van der Waals surface area contributed by atoms with Crippen molar-refractivity contribution in [2.24, 2.45) is 0 Å². The maximum absolute atomic E-state index is 12.2. The van der Waals surface area contributed by atoms with Crippen molar-refractivity contribution in [1.29, 1.82) is 0 Å². The van der Waals surface area contributed by atoms with Crippen LogP contribution in [0.2, 0.25) is 0 Å². The zero-order valence-corrected chi connectivity index (χ0v) is 13.1. The average molecular weight is 322 g/mol. The first-order chi connectivity index (χ1) is 11.0. The van der Waals surface area contributed by atoms with E-state index in [0.29, 0.717) is 22.9 Å². The van der Waals surface area contributed by atoms with Crippen molar-refractivity contribution >= 4 is 17.5 Å². The monoisotopic (exact) mass is 322 g/mol. The molecule has 0 saturated heterocycles. The van der Waals surface area contributed by atoms with Crippen LogP contribution in [0.4, 0.5) is 5.69 Å². The fourth-order valence-corrected chi connectivity index (χ4v) is 2.18. The molecule has 1 aromatic carbocycles. The first-order valence-electron chi connectivity index (χ1n) is 6.81. The number of hydrogen-bond acceptors (Lipinski definition) is 7. The third kappa shape index (κ3) is 3.21. The molecule has 0 spiro atoms. The van der Waals surface area contributed by atoms with E-state index >= 15 is 0 Å². The maximum atomic E-state index is 12.2. The standard InChI is InChI=1S/C15H18N2O6/c1-21-11-8-13(23-3)12(22-2)6-9(11)16-10-7-14(19)17(4-5-18)15(10)20/h6-8,16,18H,4-5H2,1-3H3. The number of nitrogens with one attached hydrogen (secondary N) is 1. The Morgan fingerprint density at radius 3 is 2.22 bits per heavy atom. The Kier molecular flexibility index (Phi) is 5.07. The smallest absolute Gasteiger partial charge is 0.277 e. The predicted octanol–water partition coefficient (Wildman–Crippen LogP) is 0.369. The number of benzene rings is 1. The molecular weight excluding hydrogens is 304 g/mol. The van der Waals surface area contributed by atoms with Gasteiger partial charge in [0.2, 0.25) is 0 Å². The number of aliphatic hydroxyl groups excluding tert-OH is 1. The van der Waals surface area contributed by atoms with Gasteiger partial charge in [-0.2, -0.15) is 0 Å². The lowest BCUT2D eigenvalue weighted by molar-refractivity contribution is -0.137. The summed E-state index contributed by atoms with van der Waals surface area (Å²) in [4.78, 5) is 24.9. The number of β-amino-alcohol motifs (C(OH)–C–C–N with tert-alkyl or cyclic N) is 1. The van der Waals surface area contributed by atoms with Crippen LogP contribution in [0.15, 0.2) is 23.9 Å². The highest BCUT2D eigenvalue weighted by Gasteiger charge is 2.31. The van der Waals surface area contributed by atoms with E-state index in [1.807, 2.05) is 0 Å². The quantitative estimate of drug-likeness (QED) is 0.700. The van der Waals surface area contributed by atoms with Gasteiger partial charge < -0.3 is 24.6 Å². The molecule has 1 aliphatic rings. The molecule has 1 aromatic rings. The Labute approximate surface area is 133 Å². The first-order valence-corrected chi connectivity index (χ1v) is 6.81. The highest BCUT2D eigenvalue weighted by atomic mass is 16.5. The molecule has 0 saturated carbocycles. The highest BCUT2D eigenvalue weighted by Crippen LogP contribution is 2.38. The van der Waals surface area contributed by atoms with Crippen LogP contribution in [0.3, 0.4) is 0 Å². The molecule has 8 heteroatoms. The number of nitrogens with zero attached hydrogens (tertiary/aromatic N) is 1. The summed E-state index contributed by atoms with van der Waals surface area (Å²) in [6.45, 7) is -0.347. The number of carbonyl (C=O) groups is 2. The summed E-state index contributed by atoms with van der Waals surface area (Å²) in [5.41, 5.74) is 0.539. The third-order valence-electron chi connectivity index (χ3n) is 3.31. The lowest BCUT2D eigenvalue weighted by Crippen LogP contribution is -2.34. The van der Waals surface area contributed by atoms with Crippen molar-refractivity contribution < 1.29 is 28.9 Å². The second kappa shape index (κ2) is 7.01. The minimum Gasteiger partial charge on any atom is -0.494 e. The van der Waals surface area contributed by atoms with Crippen LogP contribution in [-0.4, -0.2) is 56.3 Å². The summed E-state index contributed by atoms with van der Waals surface area (Å²) in [6, 6.07) is 3.21. The number of amides is 2. The van der Waals surface area contributed by atoms with Crippen LogP contribution in [-0.2, 0) is 9.59 Å². The average Bonchev–Trinajstić information content (AvgIpc) is 2.82. The van der Waals surface area contributed by atoms with E-state index in [4.69, 9.17) is 19.3 Å². The normalized spacial score (nSPS) is 13.9. The molecule has 1 heterocycles. The summed E-state index contributed by atoms with van der Waals surface area (Å²) < 4.78 is 15.7. The van der Waals surface area contributed by atoms with Gasteiger partial charge >= 0.3 is 0 Å². The Balaban J connectivity index is 2.31. The molecule has 0 radical (unpaired) electrons. The van der Waals surface area contributed by atoms with Gasteiger partial charge in [-0.25, -0.2) is 0 Å². The summed E-state index contributed by atoms with van der Waals surface area (Å²) in [6.07, 6.45) is 1.17. The molecule has 2 amide bonds. The van der Waals surface area contributed by atoms with E-state index in [1.165, 1.54) is 27.4 Å². The molecule has 0 aliphatic carbocycles. The van der Waals surface area contributed by atoms with Crippen LogP contribution in [0.5, 0.6) is 17.2 Å². The van der Waals surface area contributed by atoms with E-state index in [2.05, 4.69) is 5.32 Å². The van der Waals surface area contributed by atoms with Crippen molar-refractivity contribution in [3.8, 4) is 17.2 Å². The second-order valence-corrected chi connectivity index (χ2v) is 4.61. The number of rotatable bonds is 7. The predicted molar refractivity (Wildman–Crippen MR) is 81.6 cm³/mol. The van der Waals surface area contributed by atoms with Gasteiger partial charge in [-0.1, -0.05) is 0 Å². The van der Waals surface area contributed by atoms with Gasteiger partial charge in [0.1, 0.15) is 11.4 Å². The van der Waals surface area contributed by atoms with E-state index in [1.54, 1.807) is 12.1 Å². The minimum atomic E-state index is -0.513. The Hall–Kier alpha value is -2.74. The number of ether oxygens (including phenoxy) is 3. The molecule has 0 bridgehead atoms. The van der Waals surface area contributed by atoms with Crippen LogP contribution >= 0.6 is 0 Å². The SMILES string of the molecule is COc1cc(OC)c(OC)cc1NC1=CC(=O)N(CCO)C1=O. The van der Waals surface area contributed by atoms with Gasteiger partial charge in [-0.05, 0) is 0 Å². The van der Waals surface area contributed by atoms with Crippen LogP contribution < -0.4 is 19.5 Å². The number of methoxy groups -OCH3 is 3. The molecule has 1 aliphatic heterocycles. The summed E-state index contributed by atoms with van der Waals surface area (Å²) >= 11 is 0. The molecule has 0 unspecified atom stereocenters. The van der Waals surface area contributed by atoms with Gasteiger partial charge in [0, 0.05) is 18.2 Å². The Morgan fingerprint density at radius 2 is 1.65 bits per heavy atom. The Morgan fingerprint density at radius 1 is 1.04 bits per heavy atom. The third-order valence-corrected chi connectivity index (χ3v) is 3.31. The Bertz CT molecular complexity index is 656. The van der Waals surface area contributed by atoms with Crippen molar-refractivity contribution in [3.63, 3.8) is 0 Å². The van der Waals surface area contributed by atoms with E-state index in [-0.39, 0.29) is 18.8 Å². The first kappa shape index (κ1) is 16.6. The van der Waals surface area contributed by atoms with Crippen molar-refractivity contribution in [1.82, 2.24) is 4.90 Å². The lowest BCUT2D eigenvalue weighted by Gasteiger charge is -2.16. The van der Waals surface area contributed by atoms with Gasteiger partial charge in [-0.3, -0.25) is 14.5 Å². The summed E-state index contributed by atoms with van der Waals surface area (Å²) in [7, 11) is 4.46. The molecule has 0 aromatic heterocycles. The van der Waals surface area contributed by atoms with E-state index < -0.39 is 11.8 Å². The molecule has 0 atom stereocenters. The molecular formula is C15H18N2O6. The zero-order chi connectivity index (χ0) is 17.0. The molecule has 124 valence electrons. The fraction of sp³-hybridized carbons (Fsp3) is 0.333. The largest absolute Gasteiger partial charge is 0.494 e. The highest BCUT2D eigenvalue weighted by molar-refractivity contribution is 6.17. The summed E-state index contributed by atoms with van der Waals surface area (Å²) in [5, 5.41) is 11.8. The van der Waals surface area contributed by atoms with E-state index in [9.17, 15) is 9.59 Å². The molecule has 2 rings (SSSR count). The van der Waals surface area contributed by atoms with Gasteiger partial charge in [0.05, 0.1) is 40.2 Å². The number of anilines is 1. The van der Waals surface area contributed by atoms with Crippen LogP contribution in [0.25, 0.3) is 0 Å². The van der Waals surface area contributed by atoms with Gasteiger partial charge in [-0.15, -0.1) is 0 Å². The second-order valence-electron chi connectivity index (χ2n) is 4.61. The topological polar surface area (TPSA) is 97.3 Å². The van der Waals surface area contributed by atoms with Gasteiger partial charge in [0.15, 0.2) is 11.5 Å². The fourth-order valence-electron chi connectivity index (χ4n) is 2.18. The zero-order valence-electron chi connectivity index (χ0n) is 13.1. The van der Waals surface area contributed by atoms with Crippen LogP contribution in [0, 0.1) is 0 Å². The number of hydrogen-bond donors (Lipinski definition) is 2. The van der Waals surface area contributed by atoms with Crippen molar-refractivity contribution in [2.45, 2.75) is 0 Å².